The lowest BCUT2D eigenvalue weighted by Crippen LogP contribution is -2.32. The van der Waals surface area contributed by atoms with Crippen molar-refractivity contribution < 1.29 is 14.6 Å². The average Bonchev–Trinajstić information content (AvgIpc) is 2.30. The molecule has 0 aromatic heterocycles. The van der Waals surface area contributed by atoms with Crippen molar-refractivity contribution in [2.24, 2.45) is 0 Å². The van der Waals surface area contributed by atoms with Crippen LogP contribution >= 0.6 is 0 Å². The summed E-state index contributed by atoms with van der Waals surface area (Å²) in [7, 11) is 1.61. The smallest absolute Gasteiger partial charge is 0.407 e. The number of nitrogens with zero attached hydrogens (tertiary/aromatic N) is 1. The van der Waals surface area contributed by atoms with Crippen LogP contribution in [0, 0.1) is 0 Å². The highest BCUT2D eigenvalue weighted by molar-refractivity contribution is 5.65. The quantitative estimate of drug-likeness (QED) is 0.615. The Labute approximate surface area is 65.8 Å². The van der Waals surface area contributed by atoms with Crippen LogP contribution in [0.1, 0.15) is 13.3 Å². The fourth-order valence-corrected chi connectivity index (χ4v) is 1.42. The Morgan fingerprint density at radius 2 is 2.36 bits per heavy atom. The summed E-state index contributed by atoms with van der Waals surface area (Å²) >= 11 is 0. The van der Waals surface area contributed by atoms with Gasteiger partial charge in [0.25, 0.3) is 0 Å². The molecule has 4 nitrogen and oxygen atoms in total. The lowest BCUT2D eigenvalue weighted by molar-refractivity contribution is 0.103. The van der Waals surface area contributed by atoms with Crippen molar-refractivity contribution >= 4 is 6.09 Å². The number of hydrogen-bond donors (Lipinski definition) is 1. The van der Waals surface area contributed by atoms with E-state index in [9.17, 15) is 4.79 Å². The van der Waals surface area contributed by atoms with E-state index in [1.54, 1.807) is 7.11 Å². The van der Waals surface area contributed by atoms with Crippen molar-refractivity contribution in [1.82, 2.24) is 4.90 Å². The number of hydrogen-bond acceptors (Lipinski definition) is 2. The molecule has 1 aliphatic rings. The van der Waals surface area contributed by atoms with Crippen LogP contribution in [-0.2, 0) is 4.74 Å². The highest BCUT2D eigenvalue weighted by Crippen LogP contribution is 2.18. The second-order valence-corrected chi connectivity index (χ2v) is 2.88. The minimum Gasteiger partial charge on any atom is -0.465 e. The number of rotatable bonds is 1. The van der Waals surface area contributed by atoms with Crippen LogP contribution in [0.25, 0.3) is 0 Å². The average molecular weight is 159 g/mol. The van der Waals surface area contributed by atoms with Gasteiger partial charge in [-0.2, -0.15) is 0 Å². The number of methoxy groups -OCH3 is 1. The molecular weight excluding hydrogens is 146 g/mol. The van der Waals surface area contributed by atoms with E-state index >= 15 is 0 Å². The molecule has 0 aromatic carbocycles. The SMILES string of the molecule is CO[C@@H]1C[C@H](C)N(C(=O)O)C1. The maximum Gasteiger partial charge on any atom is 0.407 e. The third kappa shape index (κ3) is 1.63. The number of ether oxygens (including phenoxy) is 1. The maximum atomic E-state index is 10.5. The van der Waals surface area contributed by atoms with E-state index in [1.165, 1.54) is 4.90 Å². The largest absolute Gasteiger partial charge is 0.465 e. The molecule has 0 radical (unpaired) electrons. The zero-order valence-corrected chi connectivity index (χ0v) is 6.78. The van der Waals surface area contributed by atoms with E-state index in [2.05, 4.69) is 0 Å². The van der Waals surface area contributed by atoms with Crippen LogP contribution in [0.5, 0.6) is 0 Å². The summed E-state index contributed by atoms with van der Waals surface area (Å²) in [6, 6.07) is 0.0949. The molecule has 0 aromatic rings. The summed E-state index contributed by atoms with van der Waals surface area (Å²) in [5, 5.41) is 8.67. The topological polar surface area (TPSA) is 49.8 Å². The number of likely N-dealkylation sites (tertiary alicyclic amines) is 1. The van der Waals surface area contributed by atoms with Crippen LogP contribution in [0.3, 0.4) is 0 Å². The first-order valence-corrected chi connectivity index (χ1v) is 3.67. The van der Waals surface area contributed by atoms with Gasteiger partial charge in [-0.05, 0) is 13.3 Å². The molecule has 0 bridgehead atoms. The van der Waals surface area contributed by atoms with Gasteiger partial charge < -0.3 is 14.7 Å². The number of amides is 1. The fourth-order valence-electron chi connectivity index (χ4n) is 1.42. The second-order valence-electron chi connectivity index (χ2n) is 2.88. The number of carbonyl (C=O) groups is 1. The molecule has 1 amide bonds. The first-order valence-electron chi connectivity index (χ1n) is 3.67. The predicted octanol–water partition coefficient (Wildman–Crippen LogP) is 0.774. The highest BCUT2D eigenvalue weighted by atomic mass is 16.5. The Morgan fingerprint density at radius 1 is 1.73 bits per heavy atom. The normalized spacial score (nSPS) is 30.9. The Hall–Kier alpha value is -0.770. The minimum absolute atomic E-state index is 0.0844. The van der Waals surface area contributed by atoms with E-state index in [0.717, 1.165) is 6.42 Å². The third-order valence-corrected chi connectivity index (χ3v) is 2.12. The van der Waals surface area contributed by atoms with Gasteiger partial charge in [0.05, 0.1) is 12.6 Å². The molecule has 1 rings (SSSR count). The van der Waals surface area contributed by atoms with Crippen LogP contribution in [0.2, 0.25) is 0 Å². The van der Waals surface area contributed by atoms with Crippen LogP contribution in [-0.4, -0.2) is 41.9 Å². The summed E-state index contributed by atoms with van der Waals surface area (Å²) in [5.41, 5.74) is 0. The maximum absolute atomic E-state index is 10.5. The van der Waals surface area contributed by atoms with E-state index in [4.69, 9.17) is 9.84 Å². The molecule has 64 valence electrons. The van der Waals surface area contributed by atoms with Gasteiger partial charge in [-0.15, -0.1) is 0 Å². The van der Waals surface area contributed by atoms with Gasteiger partial charge >= 0.3 is 6.09 Å². The molecule has 1 saturated heterocycles. The van der Waals surface area contributed by atoms with Gasteiger partial charge in [0.15, 0.2) is 0 Å². The Balaban J connectivity index is 2.51. The number of carboxylic acid groups (broad SMARTS) is 1. The van der Waals surface area contributed by atoms with Crippen LogP contribution < -0.4 is 0 Å². The monoisotopic (exact) mass is 159 g/mol. The molecule has 11 heavy (non-hydrogen) atoms. The first-order chi connectivity index (χ1) is 5.15. The van der Waals surface area contributed by atoms with Crippen molar-refractivity contribution in [3.8, 4) is 0 Å². The van der Waals surface area contributed by atoms with E-state index < -0.39 is 6.09 Å². The molecule has 1 heterocycles. The molecule has 1 aliphatic heterocycles. The van der Waals surface area contributed by atoms with Gasteiger partial charge in [0.2, 0.25) is 0 Å². The summed E-state index contributed by atoms with van der Waals surface area (Å²) in [4.78, 5) is 12.0. The third-order valence-electron chi connectivity index (χ3n) is 2.12. The van der Waals surface area contributed by atoms with Gasteiger partial charge in [-0.3, -0.25) is 0 Å². The van der Waals surface area contributed by atoms with Gasteiger partial charge in [0, 0.05) is 13.2 Å². The molecule has 0 unspecified atom stereocenters. The van der Waals surface area contributed by atoms with Crippen molar-refractivity contribution in [2.45, 2.75) is 25.5 Å². The van der Waals surface area contributed by atoms with Gasteiger partial charge in [0.1, 0.15) is 0 Å². The van der Waals surface area contributed by atoms with Crippen molar-refractivity contribution in [3.63, 3.8) is 0 Å². The lowest BCUT2D eigenvalue weighted by Gasteiger charge is -2.15. The molecule has 1 fully saturated rings. The molecule has 4 heteroatoms. The van der Waals surface area contributed by atoms with Gasteiger partial charge in [-0.25, -0.2) is 4.79 Å². The Bertz CT molecular complexity index is 160. The van der Waals surface area contributed by atoms with Crippen LogP contribution in [0.4, 0.5) is 4.79 Å². The second kappa shape index (κ2) is 3.09. The lowest BCUT2D eigenvalue weighted by atomic mass is 10.2. The summed E-state index contributed by atoms with van der Waals surface area (Å²) in [5.74, 6) is 0. The first kappa shape index (κ1) is 8.33. The van der Waals surface area contributed by atoms with Crippen molar-refractivity contribution in [3.05, 3.63) is 0 Å². The molecular formula is C7H13NO3. The minimum atomic E-state index is -0.850. The summed E-state index contributed by atoms with van der Waals surface area (Å²) in [6.45, 7) is 2.40. The van der Waals surface area contributed by atoms with E-state index in [1.807, 2.05) is 6.92 Å². The predicted molar refractivity (Wildman–Crippen MR) is 39.6 cm³/mol. The standard InChI is InChI=1S/C7H13NO3/c1-5-3-6(11-2)4-8(5)7(9)10/h5-6H,3-4H2,1-2H3,(H,9,10)/t5-,6+/m0/s1. The van der Waals surface area contributed by atoms with Gasteiger partial charge in [-0.1, -0.05) is 0 Å². The van der Waals surface area contributed by atoms with Crippen molar-refractivity contribution in [1.29, 1.82) is 0 Å². The Morgan fingerprint density at radius 3 is 2.64 bits per heavy atom. The zero-order valence-electron chi connectivity index (χ0n) is 6.78. The highest BCUT2D eigenvalue weighted by Gasteiger charge is 2.31. The van der Waals surface area contributed by atoms with E-state index in [-0.39, 0.29) is 12.1 Å². The van der Waals surface area contributed by atoms with Crippen LogP contribution in [0.15, 0.2) is 0 Å². The molecule has 2 atom stereocenters. The van der Waals surface area contributed by atoms with Crippen molar-refractivity contribution in [2.75, 3.05) is 13.7 Å². The molecule has 1 N–H and O–H groups in total. The Kier molecular flexibility index (Phi) is 2.34. The zero-order chi connectivity index (χ0) is 8.43. The molecule has 0 spiro atoms. The fraction of sp³-hybridized carbons (Fsp3) is 0.857. The summed E-state index contributed by atoms with van der Waals surface area (Å²) < 4.78 is 5.06. The molecule has 0 saturated carbocycles. The molecule has 0 aliphatic carbocycles. The van der Waals surface area contributed by atoms with E-state index in [0.29, 0.717) is 6.54 Å². The summed E-state index contributed by atoms with van der Waals surface area (Å²) in [6.07, 6.45) is 0.0427.